The fourth-order valence-electron chi connectivity index (χ4n) is 2.46. The van der Waals surface area contributed by atoms with Gasteiger partial charge in [-0.05, 0) is 54.6 Å². The summed E-state index contributed by atoms with van der Waals surface area (Å²) in [5.74, 6) is -0.995. The lowest BCUT2D eigenvalue weighted by atomic mass is 10.1. The monoisotopic (exact) mass is 395 g/mol. The molecule has 0 radical (unpaired) electrons. The average Bonchev–Trinajstić information content (AvgIpc) is 2.69. The lowest BCUT2D eigenvalue weighted by Crippen LogP contribution is -2.15. The number of amides is 2. The van der Waals surface area contributed by atoms with Gasteiger partial charge >= 0.3 is 0 Å². The van der Waals surface area contributed by atoms with Gasteiger partial charge in [-0.25, -0.2) is 8.42 Å². The molecule has 0 fully saturated rings. The van der Waals surface area contributed by atoms with Gasteiger partial charge in [-0.2, -0.15) is 0 Å². The van der Waals surface area contributed by atoms with Crippen molar-refractivity contribution in [2.75, 3.05) is 10.0 Å². The van der Waals surface area contributed by atoms with Crippen molar-refractivity contribution < 1.29 is 18.0 Å². The number of hydrogen-bond donors (Lipinski definition) is 3. The minimum Gasteiger partial charge on any atom is -0.366 e. The molecule has 0 aliphatic carbocycles. The van der Waals surface area contributed by atoms with E-state index in [1.54, 1.807) is 36.4 Å². The Morgan fingerprint density at radius 1 is 0.750 bits per heavy atom. The highest BCUT2D eigenvalue weighted by Gasteiger charge is 2.14. The van der Waals surface area contributed by atoms with E-state index >= 15 is 0 Å². The summed E-state index contributed by atoms with van der Waals surface area (Å²) in [5.41, 5.74) is 6.59. The fourth-order valence-corrected chi connectivity index (χ4v) is 3.54. The minimum atomic E-state index is -3.70. The summed E-state index contributed by atoms with van der Waals surface area (Å²) >= 11 is 0. The summed E-state index contributed by atoms with van der Waals surface area (Å²) in [7, 11) is -3.70. The Bertz CT molecular complexity index is 1110. The first-order valence-corrected chi connectivity index (χ1v) is 9.73. The van der Waals surface area contributed by atoms with Crippen LogP contribution in [-0.4, -0.2) is 20.2 Å². The maximum Gasteiger partial charge on any atom is 0.261 e. The molecule has 28 heavy (non-hydrogen) atoms. The quantitative estimate of drug-likeness (QED) is 0.595. The Kier molecular flexibility index (Phi) is 5.42. The molecule has 3 aromatic carbocycles. The fraction of sp³-hybridized carbons (Fsp3) is 0. The number of benzene rings is 3. The predicted molar refractivity (Wildman–Crippen MR) is 107 cm³/mol. The van der Waals surface area contributed by atoms with Crippen molar-refractivity contribution in [1.29, 1.82) is 0 Å². The standard InChI is InChI=1S/C20H17N3O4S/c21-19(24)15-5-4-6-17(13-15)22-20(25)14-9-11-16(12-10-14)23-28(26,27)18-7-2-1-3-8-18/h1-13,23H,(H2,21,24)(H,22,25). The normalized spacial score (nSPS) is 10.9. The predicted octanol–water partition coefficient (Wildman–Crippen LogP) is 2.84. The van der Waals surface area contributed by atoms with Crippen molar-refractivity contribution in [3.8, 4) is 0 Å². The van der Waals surface area contributed by atoms with Crippen LogP contribution in [0.25, 0.3) is 0 Å². The van der Waals surface area contributed by atoms with Gasteiger partial charge in [0, 0.05) is 22.5 Å². The zero-order valence-corrected chi connectivity index (χ0v) is 15.4. The molecule has 0 aliphatic heterocycles. The highest BCUT2D eigenvalue weighted by Crippen LogP contribution is 2.17. The summed E-state index contributed by atoms with van der Waals surface area (Å²) in [5, 5.41) is 2.66. The molecule has 3 aromatic rings. The number of nitrogens with two attached hydrogens (primary N) is 1. The van der Waals surface area contributed by atoms with Gasteiger partial charge in [0.2, 0.25) is 5.91 Å². The molecule has 0 saturated heterocycles. The van der Waals surface area contributed by atoms with E-state index in [1.165, 1.54) is 42.5 Å². The third-order valence-corrected chi connectivity index (χ3v) is 5.25. The van der Waals surface area contributed by atoms with E-state index in [9.17, 15) is 18.0 Å². The Labute approximate surface area is 162 Å². The van der Waals surface area contributed by atoms with Crippen LogP contribution in [0.5, 0.6) is 0 Å². The first kappa shape index (κ1) is 19.1. The molecule has 8 heteroatoms. The van der Waals surface area contributed by atoms with E-state index in [0.29, 0.717) is 16.9 Å². The number of nitrogens with one attached hydrogen (secondary N) is 2. The molecule has 4 N–H and O–H groups in total. The zero-order chi connectivity index (χ0) is 20.1. The van der Waals surface area contributed by atoms with Crippen LogP contribution in [0.2, 0.25) is 0 Å². The SMILES string of the molecule is NC(=O)c1cccc(NC(=O)c2ccc(NS(=O)(=O)c3ccccc3)cc2)c1. The molecule has 0 bridgehead atoms. The number of hydrogen-bond acceptors (Lipinski definition) is 4. The van der Waals surface area contributed by atoms with Gasteiger partial charge in [-0.15, -0.1) is 0 Å². The number of carbonyl (C=O) groups excluding carboxylic acids is 2. The van der Waals surface area contributed by atoms with Crippen molar-refractivity contribution in [2.24, 2.45) is 5.73 Å². The van der Waals surface area contributed by atoms with Gasteiger partial charge in [-0.3, -0.25) is 14.3 Å². The van der Waals surface area contributed by atoms with Crippen LogP contribution in [0.3, 0.4) is 0 Å². The maximum atomic E-state index is 12.3. The Hall–Kier alpha value is -3.65. The molecular formula is C20H17N3O4S. The van der Waals surface area contributed by atoms with Crippen LogP contribution in [-0.2, 0) is 10.0 Å². The van der Waals surface area contributed by atoms with Crippen molar-refractivity contribution >= 4 is 33.2 Å². The first-order chi connectivity index (χ1) is 13.3. The van der Waals surface area contributed by atoms with Crippen LogP contribution in [0.1, 0.15) is 20.7 Å². The largest absolute Gasteiger partial charge is 0.366 e. The third-order valence-electron chi connectivity index (χ3n) is 3.86. The number of primary amides is 1. The molecule has 0 spiro atoms. The van der Waals surface area contributed by atoms with E-state index in [0.717, 1.165) is 0 Å². The highest BCUT2D eigenvalue weighted by molar-refractivity contribution is 7.92. The second-order valence-electron chi connectivity index (χ2n) is 5.90. The van der Waals surface area contributed by atoms with Crippen LogP contribution < -0.4 is 15.8 Å². The highest BCUT2D eigenvalue weighted by atomic mass is 32.2. The Morgan fingerprint density at radius 2 is 1.43 bits per heavy atom. The van der Waals surface area contributed by atoms with Crippen LogP contribution in [0.4, 0.5) is 11.4 Å². The van der Waals surface area contributed by atoms with Crippen molar-refractivity contribution in [3.63, 3.8) is 0 Å². The van der Waals surface area contributed by atoms with Crippen molar-refractivity contribution in [3.05, 3.63) is 90.0 Å². The molecule has 0 atom stereocenters. The van der Waals surface area contributed by atoms with E-state index in [1.807, 2.05) is 0 Å². The third kappa shape index (κ3) is 4.54. The topological polar surface area (TPSA) is 118 Å². The van der Waals surface area contributed by atoms with Gasteiger partial charge in [0.1, 0.15) is 0 Å². The maximum absolute atomic E-state index is 12.3. The van der Waals surface area contributed by atoms with Crippen LogP contribution in [0.15, 0.2) is 83.8 Å². The number of anilines is 2. The number of carbonyl (C=O) groups is 2. The molecule has 2 amide bonds. The summed E-state index contributed by atoms with van der Waals surface area (Å²) in [6.45, 7) is 0. The van der Waals surface area contributed by atoms with Gasteiger partial charge in [0.05, 0.1) is 4.90 Å². The lowest BCUT2D eigenvalue weighted by molar-refractivity contribution is 0.0996. The molecule has 7 nitrogen and oxygen atoms in total. The van der Waals surface area contributed by atoms with Gasteiger partial charge in [-0.1, -0.05) is 24.3 Å². The van der Waals surface area contributed by atoms with Gasteiger partial charge < -0.3 is 11.1 Å². The van der Waals surface area contributed by atoms with E-state index < -0.39 is 21.8 Å². The van der Waals surface area contributed by atoms with Crippen molar-refractivity contribution in [2.45, 2.75) is 4.90 Å². The second kappa shape index (κ2) is 7.93. The van der Waals surface area contributed by atoms with Gasteiger partial charge in [0.15, 0.2) is 0 Å². The molecule has 0 unspecified atom stereocenters. The molecule has 0 aliphatic rings. The summed E-state index contributed by atoms with van der Waals surface area (Å²) in [6, 6.07) is 20.2. The molecule has 142 valence electrons. The molecule has 0 aromatic heterocycles. The summed E-state index contributed by atoms with van der Waals surface area (Å²) in [4.78, 5) is 23.7. The average molecular weight is 395 g/mol. The molecule has 0 saturated carbocycles. The molecular weight excluding hydrogens is 378 g/mol. The lowest BCUT2D eigenvalue weighted by Gasteiger charge is -2.09. The van der Waals surface area contributed by atoms with Crippen LogP contribution >= 0.6 is 0 Å². The first-order valence-electron chi connectivity index (χ1n) is 8.24. The Morgan fingerprint density at radius 3 is 2.07 bits per heavy atom. The van der Waals surface area contributed by atoms with Crippen molar-refractivity contribution in [1.82, 2.24) is 0 Å². The van der Waals surface area contributed by atoms with Gasteiger partial charge in [0.25, 0.3) is 15.9 Å². The van der Waals surface area contributed by atoms with Crippen LogP contribution in [0, 0.1) is 0 Å². The molecule has 3 rings (SSSR count). The minimum absolute atomic E-state index is 0.145. The summed E-state index contributed by atoms with van der Waals surface area (Å²) in [6.07, 6.45) is 0. The smallest absolute Gasteiger partial charge is 0.261 e. The number of sulfonamides is 1. The zero-order valence-electron chi connectivity index (χ0n) is 14.6. The number of rotatable bonds is 6. The van der Waals surface area contributed by atoms with E-state index in [2.05, 4.69) is 10.0 Å². The second-order valence-corrected chi connectivity index (χ2v) is 7.58. The Balaban J connectivity index is 1.71. The van der Waals surface area contributed by atoms with E-state index in [4.69, 9.17) is 5.73 Å². The van der Waals surface area contributed by atoms with E-state index in [-0.39, 0.29) is 10.5 Å². The molecule has 0 heterocycles. The summed E-state index contributed by atoms with van der Waals surface area (Å²) < 4.78 is 27.1.